The Labute approximate surface area is 136 Å². The number of thiophene rings is 1. The second-order valence-electron chi connectivity index (χ2n) is 4.72. The van der Waals surface area contributed by atoms with Crippen molar-refractivity contribution in [1.29, 1.82) is 0 Å². The molecule has 0 aromatic carbocycles. The summed E-state index contributed by atoms with van der Waals surface area (Å²) < 4.78 is 0. The molecule has 0 aliphatic heterocycles. The van der Waals surface area contributed by atoms with Crippen molar-refractivity contribution in [2.24, 2.45) is 0 Å². The van der Waals surface area contributed by atoms with Gasteiger partial charge < -0.3 is 5.32 Å². The lowest BCUT2D eigenvalue weighted by molar-refractivity contribution is -0.120. The summed E-state index contributed by atoms with van der Waals surface area (Å²) in [6, 6.07) is 7.84. The number of amides is 1. The van der Waals surface area contributed by atoms with Crippen LogP contribution in [0.2, 0.25) is 0 Å². The van der Waals surface area contributed by atoms with Crippen LogP contribution in [-0.4, -0.2) is 22.4 Å². The van der Waals surface area contributed by atoms with Gasteiger partial charge in [-0.05, 0) is 23.6 Å². The zero-order valence-corrected chi connectivity index (χ0v) is 13.5. The van der Waals surface area contributed by atoms with Crippen LogP contribution in [0.25, 0.3) is 11.3 Å². The summed E-state index contributed by atoms with van der Waals surface area (Å²) in [7, 11) is 0. The number of thiazole rings is 1. The molecule has 0 saturated carbocycles. The Kier molecular flexibility index (Phi) is 4.92. The number of carbonyl (C=O) groups excluding carboxylic acids is 1. The van der Waals surface area contributed by atoms with Gasteiger partial charge in [-0.3, -0.25) is 9.78 Å². The van der Waals surface area contributed by atoms with E-state index in [2.05, 4.69) is 15.3 Å². The monoisotopic (exact) mass is 329 g/mol. The normalized spacial score (nSPS) is 10.5. The molecular weight excluding hydrogens is 314 g/mol. The minimum Gasteiger partial charge on any atom is -0.355 e. The van der Waals surface area contributed by atoms with Gasteiger partial charge in [0.15, 0.2) is 0 Å². The fourth-order valence-electron chi connectivity index (χ4n) is 2.02. The first-order chi connectivity index (χ1) is 10.8. The Morgan fingerprint density at radius 1 is 1.23 bits per heavy atom. The maximum Gasteiger partial charge on any atom is 0.225 e. The molecule has 0 unspecified atom stereocenters. The zero-order valence-electron chi connectivity index (χ0n) is 11.9. The van der Waals surface area contributed by atoms with E-state index in [1.54, 1.807) is 28.9 Å². The summed E-state index contributed by atoms with van der Waals surface area (Å²) in [5.41, 5.74) is 1.96. The van der Waals surface area contributed by atoms with Crippen molar-refractivity contribution in [3.63, 3.8) is 0 Å². The zero-order chi connectivity index (χ0) is 15.2. The van der Waals surface area contributed by atoms with Gasteiger partial charge in [-0.25, -0.2) is 4.98 Å². The Balaban J connectivity index is 1.48. The van der Waals surface area contributed by atoms with Crippen molar-refractivity contribution < 1.29 is 4.79 Å². The number of carbonyl (C=O) groups is 1. The van der Waals surface area contributed by atoms with Crippen molar-refractivity contribution in [1.82, 2.24) is 15.3 Å². The molecule has 0 aliphatic rings. The number of pyridine rings is 1. The van der Waals surface area contributed by atoms with Gasteiger partial charge in [0.05, 0.1) is 17.1 Å². The quantitative estimate of drug-likeness (QED) is 0.756. The smallest absolute Gasteiger partial charge is 0.225 e. The fourth-order valence-corrected chi connectivity index (χ4v) is 3.53. The lowest BCUT2D eigenvalue weighted by Crippen LogP contribution is -2.26. The molecule has 6 heteroatoms. The van der Waals surface area contributed by atoms with Crippen LogP contribution >= 0.6 is 22.7 Å². The summed E-state index contributed by atoms with van der Waals surface area (Å²) in [6.07, 6.45) is 4.76. The first-order valence-electron chi connectivity index (χ1n) is 6.95. The van der Waals surface area contributed by atoms with E-state index < -0.39 is 0 Å². The van der Waals surface area contributed by atoms with Gasteiger partial charge in [-0.15, -0.1) is 22.7 Å². The van der Waals surface area contributed by atoms with Crippen LogP contribution in [0, 0.1) is 0 Å². The first kappa shape index (κ1) is 14.9. The molecular formula is C16H15N3OS2. The number of rotatable bonds is 6. The Morgan fingerprint density at radius 2 is 2.18 bits per heavy atom. The molecule has 1 N–H and O–H groups in total. The molecule has 3 aromatic heterocycles. The predicted octanol–water partition coefficient (Wildman–Crippen LogP) is 3.17. The van der Waals surface area contributed by atoms with Gasteiger partial charge in [0.2, 0.25) is 5.91 Å². The maximum atomic E-state index is 11.8. The van der Waals surface area contributed by atoms with E-state index in [0.29, 0.717) is 13.0 Å². The summed E-state index contributed by atoms with van der Waals surface area (Å²) in [6.45, 7) is 0.615. The highest BCUT2D eigenvalue weighted by Gasteiger charge is 2.06. The molecule has 4 nitrogen and oxygen atoms in total. The third-order valence-corrected chi connectivity index (χ3v) is 4.87. The highest BCUT2D eigenvalue weighted by atomic mass is 32.1. The second kappa shape index (κ2) is 7.29. The van der Waals surface area contributed by atoms with Gasteiger partial charge >= 0.3 is 0 Å². The fraction of sp³-hybridized carbons (Fsp3) is 0.188. The van der Waals surface area contributed by atoms with Crippen LogP contribution in [0.5, 0.6) is 0 Å². The maximum absolute atomic E-state index is 11.8. The molecule has 0 bridgehead atoms. The largest absolute Gasteiger partial charge is 0.355 e. The van der Waals surface area contributed by atoms with Crippen LogP contribution in [0.3, 0.4) is 0 Å². The molecule has 0 radical (unpaired) electrons. The minimum atomic E-state index is 0.0616. The number of nitrogens with one attached hydrogen (secondary N) is 1. The van der Waals surface area contributed by atoms with Crippen LogP contribution in [0.4, 0.5) is 0 Å². The molecule has 0 spiro atoms. The van der Waals surface area contributed by atoms with Crippen molar-refractivity contribution in [3.05, 3.63) is 57.3 Å². The van der Waals surface area contributed by atoms with Crippen LogP contribution in [0.15, 0.2) is 47.4 Å². The van der Waals surface area contributed by atoms with E-state index in [0.717, 1.165) is 27.6 Å². The van der Waals surface area contributed by atoms with Crippen molar-refractivity contribution in [3.8, 4) is 11.3 Å². The topological polar surface area (TPSA) is 54.9 Å². The van der Waals surface area contributed by atoms with Crippen LogP contribution in [0.1, 0.15) is 9.88 Å². The van der Waals surface area contributed by atoms with Gasteiger partial charge in [0.1, 0.15) is 0 Å². The minimum absolute atomic E-state index is 0.0616. The lowest BCUT2D eigenvalue weighted by atomic mass is 10.2. The molecule has 3 heterocycles. The molecule has 112 valence electrons. The molecule has 22 heavy (non-hydrogen) atoms. The average Bonchev–Trinajstić information content (AvgIpc) is 3.20. The van der Waals surface area contributed by atoms with E-state index >= 15 is 0 Å². The van der Waals surface area contributed by atoms with E-state index in [-0.39, 0.29) is 5.91 Å². The van der Waals surface area contributed by atoms with Gasteiger partial charge in [0.25, 0.3) is 0 Å². The van der Waals surface area contributed by atoms with E-state index in [1.165, 1.54) is 0 Å². The van der Waals surface area contributed by atoms with Crippen molar-refractivity contribution in [2.45, 2.75) is 12.8 Å². The predicted molar refractivity (Wildman–Crippen MR) is 90.1 cm³/mol. The van der Waals surface area contributed by atoms with E-state index in [1.807, 2.05) is 41.2 Å². The standard InChI is InChI=1S/C16H15N3OS2/c20-15(9-13-4-2-8-21-13)18-7-5-16-19-14(11-22-16)12-3-1-6-17-10-12/h1-4,6,8,10-11H,5,7,9H2,(H,18,20). The molecule has 3 rings (SSSR count). The van der Waals surface area contributed by atoms with Crippen LogP contribution < -0.4 is 5.32 Å². The van der Waals surface area contributed by atoms with Crippen molar-refractivity contribution >= 4 is 28.6 Å². The Hall–Kier alpha value is -2.05. The SMILES string of the molecule is O=C(Cc1cccs1)NCCc1nc(-c2cccnc2)cs1. The lowest BCUT2D eigenvalue weighted by Gasteiger charge is -2.02. The third-order valence-electron chi connectivity index (χ3n) is 3.08. The average molecular weight is 329 g/mol. The summed E-state index contributed by atoms with van der Waals surface area (Å²) in [4.78, 5) is 21.6. The van der Waals surface area contributed by atoms with Crippen LogP contribution in [-0.2, 0) is 17.6 Å². The highest BCUT2D eigenvalue weighted by Crippen LogP contribution is 2.20. The number of hydrogen-bond donors (Lipinski definition) is 1. The summed E-state index contributed by atoms with van der Waals surface area (Å²) in [5, 5.41) is 7.98. The second-order valence-corrected chi connectivity index (χ2v) is 6.70. The summed E-state index contributed by atoms with van der Waals surface area (Å²) >= 11 is 3.22. The van der Waals surface area contributed by atoms with Crippen molar-refractivity contribution in [2.75, 3.05) is 6.54 Å². The molecule has 0 saturated heterocycles. The van der Waals surface area contributed by atoms with E-state index in [4.69, 9.17) is 0 Å². The number of aromatic nitrogens is 2. The molecule has 1 amide bonds. The molecule has 0 aliphatic carbocycles. The molecule has 0 atom stereocenters. The molecule has 0 fully saturated rings. The number of hydrogen-bond acceptors (Lipinski definition) is 5. The van der Waals surface area contributed by atoms with Gasteiger partial charge in [-0.2, -0.15) is 0 Å². The number of nitrogens with zero attached hydrogens (tertiary/aromatic N) is 2. The third kappa shape index (κ3) is 3.99. The molecule has 3 aromatic rings. The first-order valence-corrected chi connectivity index (χ1v) is 8.71. The van der Waals surface area contributed by atoms with Gasteiger partial charge in [-0.1, -0.05) is 6.07 Å². The Morgan fingerprint density at radius 3 is 2.95 bits per heavy atom. The van der Waals surface area contributed by atoms with Gasteiger partial charge in [0, 0.05) is 41.2 Å². The van der Waals surface area contributed by atoms with E-state index in [9.17, 15) is 4.79 Å². The Bertz CT molecular complexity index is 723. The highest BCUT2D eigenvalue weighted by molar-refractivity contribution is 7.10. The summed E-state index contributed by atoms with van der Waals surface area (Å²) in [5.74, 6) is 0.0616.